The molecule has 0 spiro atoms. The van der Waals surface area contributed by atoms with Crippen LogP contribution in [0.25, 0.3) is 0 Å². The van der Waals surface area contributed by atoms with Crippen molar-refractivity contribution in [2.24, 2.45) is 0 Å². The molecular formula is C15H19N3O3S. The van der Waals surface area contributed by atoms with E-state index in [0.29, 0.717) is 23.7 Å². The molecule has 6 nitrogen and oxygen atoms in total. The predicted molar refractivity (Wildman–Crippen MR) is 87.0 cm³/mol. The number of thiazole rings is 1. The number of anilines is 1. The third-order valence-electron chi connectivity index (χ3n) is 3.02. The Hall–Kier alpha value is -2.28. The zero-order valence-corrected chi connectivity index (χ0v) is 13.8. The number of hydrogen-bond donors (Lipinski definition) is 2. The number of amides is 2. The summed E-state index contributed by atoms with van der Waals surface area (Å²) in [6.07, 6.45) is 0. The highest BCUT2D eigenvalue weighted by atomic mass is 32.1. The fraction of sp³-hybridized carbons (Fsp3) is 0.333. The average Bonchev–Trinajstić information content (AvgIpc) is 2.82. The Morgan fingerprint density at radius 2 is 1.82 bits per heavy atom. The van der Waals surface area contributed by atoms with Crippen molar-refractivity contribution in [3.05, 3.63) is 33.8 Å². The summed E-state index contributed by atoms with van der Waals surface area (Å²) >= 11 is 1.58. The highest BCUT2D eigenvalue weighted by Crippen LogP contribution is 2.25. The van der Waals surface area contributed by atoms with E-state index in [9.17, 15) is 4.79 Å². The van der Waals surface area contributed by atoms with Gasteiger partial charge in [-0.25, -0.2) is 9.78 Å². The van der Waals surface area contributed by atoms with Gasteiger partial charge in [0, 0.05) is 28.8 Å². The quantitative estimate of drug-likeness (QED) is 0.887. The van der Waals surface area contributed by atoms with Crippen LogP contribution in [-0.2, 0) is 6.54 Å². The van der Waals surface area contributed by atoms with E-state index in [1.807, 2.05) is 13.8 Å². The first-order chi connectivity index (χ1) is 10.5. The number of nitrogens with one attached hydrogen (secondary N) is 2. The molecule has 0 saturated carbocycles. The molecule has 1 aromatic heterocycles. The Kier molecular flexibility index (Phi) is 5.21. The van der Waals surface area contributed by atoms with Crippen molar-refractivity contribution in [3.8, 4) is 11.5 Å². The van der Waals surface area contributed by atoms with E-state index >= 15 is 0 Å². The molecule has 2 amide bonds. The molecule has 0 fully saturated rings. The second-order valence-corrected chi connectivity index (χ2v) is 5.94. The number of aromatic nitrogens is 1. The minimum Gasteiger partial charge on any atom is -0.497 e. The van der Waals surface area contributed by atoms with Gasteiger partial charge in [0.25, 0.3) is 0 Å². The van der Waals surface area contributed by atoms with Crippen molar-refractivity contribution < 1.29 is 14.3 Å². The van der Waals surface area contributed by atoms with Crippen LogP contribution in [0.15, 0.2) is 18.2 Å². The number of carbonyl (C=O) groups excluding carboxylic acids is 1. The standard InChI is InChI=1S/C15H19N3O3S/c1-9-14(22-10(2)17-9)8-16-15(19)18-11-5-12(20-3)7-13(6-11)21-4/h5-7H,8H2,1-4H3,(H2,16,18,19). The fourth-order valence-corrected chi connectivity index (χ4v) is 2.83. The number of ether oxygens (including phenoxy) is 2. The van der Waals surface area contributed by atoms with E-state index in [2.05, 4.69) is 15.6 Å². The van der Waals surface area contributed by atoms with Crippen LogP contribution in [-0.4, -0.2) is 25.2 Å². The molecule has 0 unspecified atom stereocenters. The third-order valence-corrected chi connectivity index (χ3v) is 4.09. The Morgan fingerprint density at radius 3 is 2.32 bits per heavy atom. The maximum atomic E-state index is 12.0. The fourth-order valence-electron chi connectivity index (χ4n) is 1.95. The van der Waals surface area contributed by atoms with Crippen LogP contribution in [0.4, 0.5) is 10.5 Å². The van der Waals surface area contributed by atoms with Crippen molar-refractivity contribution in [1.82, 2.24) is 10.3 Å². The highest BCUT2D eigenvalue weighted by Gasteiger charge is 2.08. The monoisotopic (exact) mass is 321 g/mol. The summed E-state index contributed by atoms with van der Waals surface area (Å²) in [5.41, 5.74) is 1.55. The van der Waals surface area contributed by atoms with E-state index in [1.54, 1.807) is 43.8 Å². The number of benzene rings is 1. The highest BCUT2D eigenvalue weighted by molar-refractivity contribution is 7.11. The maximum absolute atomic E-state index is 12.0. The lowest BCUT2D eigenvalue weighted by Gasteiger charge is -2.10. The average molecular weight is 321 g/mol. The van der Waals surface area contributed by atoms with E-state index < -0.39 is 0 Å². The number of urea groups is 1. The van der Waals surface area contributed by atoms with Crippen LogP contribution in [0.3, 0.4) is 0 Å². The number of rotatable bonds is 5. The number of nitrogens with zero attached hydrogens (tertiary/aromatic N) is 1. The van der Waals surface area contributed by atoms with Crippen LogP contribution < -0.4 is 20.1 Å². The molecule has 2 aromatic rings. The lowest BCUT2D eigenvalue weighted by Crippen LogP contribution is -2.28. The summed E-state index contributed by atoms with van der Waals surface area (Å²) < 4.78 is 10.3. The van der Waals surface area contributed by atoms with Gasteiger partial charge in [-0.15, -0.1) is 11.3 Å². The van der Waals surface area contributed by atoms with E-state index in [4.69, 9.17) is 9.47 Å². The maximum Gasteiger partial charge on any atom is 0.319 e. The molecular weight excluding hydrogens is 302 g/mol. The van der Waals surface area contributed by atoms with Gasteiger partial charge in [0.05, 0.1) is 31.5 Å². The van der Waals surface area contributed by atoms with E-state index in [1.165, 1.54) is 0 Å². The summed E-state index contributed by atoms with van der Waals surface area (Å²) in [5.74, 6) is 1.23. The summed E-state index contributed by atoms with van der Waals surface area (Å²) in [5, 5.41) is 6.57. The summed E-state index contributed by atoms with van der Waals surface area (Å²) in [7, 11) is 3.13. The number of methoxy groups -OCH3 is 2. The van der Waals surface area contributed by atoms with E-state index in [-0.39, 0.29) is 6.03 Å². The largest absolute Gasteiger partial charge is 0.497 e. The zero-order valence-electron chi connectivity index (χ0n) is 13.0. The number of carbonyl (C=O) groups is 1. The summed E-state index contributed by atoms with van der Waals surface area (Å²) in [4.78, 5) is 17.4. The minimum atomic E-state index is -0.291. The van der Waals surface area contributed by atoms with Crippen molar-refractivity contribution in [2.75, 3.05) is 19.5 Å². The van der Waals surface area contributed by atoms with Gasteiger partial charge in [-0.1, -0.05) is 0 Å². The molecule has 2 N–H and O–H groups in total. The van der Waals surface area contributed by atoms with Gasteiger partial charge < -0.3 is 20.1 Å². The van der Waals surface area contributed by atoms with Gasteiger partial charge in [-0.2, -0.15) is 0 Å². The minimum absolute atomic E-state index is 0.291. The lowest BCUT2D eigenvalue weighted by atomic mass is 10.3. The molecule has 2 rings (SSSR count). The molecule has 0 bridgehead atoms. The predicted octanol–water partition coefficient (Wildman–Crippen LogP) is 3.10. The first-order valence-corrected chi connectivity index (χ1v) is 7.54. The topological polar surface area (TPSA) is 72.5 Å². The Bertz CT molecular complexity index is 648. The molecule has 0 aliphatic heterocycles. The zero-order chi connectivity index (χ0) is 16.1. The molecule has 1 heterocycles. The van der Waals surface area contributed by atoms with Gasteiger partial charge in [-0.05, 0) is 13.8 Å². The molecule has 22 heavy (non-hydrogen) atoms. The van der Waals surface area contributed by atoms with E-state index in [0.717, 1.165) is 15.6 Å². The lowest BCUT2D eigenvalue weighted by molar-refractivity contribution is 0.252. The normalized spacial score (nSPS) is 10.2. The smallest absolute Gasteiger partial charge is 0.319 e. The van der Waals surface area contributed by atoms with Crippen LogP contribution in [0.2, 0.25) is 0 Å². The Balaban J connectivity index is 1.98. The van der Waals surface area contributed by atoms with Gasteiger partial charge >= 0.3 is 6.03 Å². The van der Waals surface area contributed by atoms with Gasteiger partial charge in [-0.3, -0.25) is 0 Å². The second-order valence-electron chi connectivity index (χ2n) is 4.65. The van der Waals surface area contributed by atoms with Gasteiger partial charge in [0.2, 0.25) is 0 Å². The van der Waals surface area contributed by atoms with Crippen molar-refractivity contribution in [2.45, 2.75) is 20.4 Å². The molecule has 118 valence electrons. The van der Waals surface area contributed by atoms with Gasteiger partial charge in [0.1, 0.15) is 11.5 Å². The number of aryl methyl sites for hydroxylation is 2. The van der Waals surface area contributed by atoms with Crippen molar-refractivity contribution in [3.63, 3.8) is 0 Å². The molecule has 0 atom stereocenters. The molecule has 0 saturated heterocycles. The first-order valence-electron chi connectivity index (χ1n) is 6.72. The number of hydrogen-bond acceptors (Lipinski definition) is 5. The van der Waals surface area contributed by atoms with Crippen molar-refractivity contribution >= 4 is 23.1 Å². The molecule has 1 aromatic carbocycles. The van der Waals surface area contributed by atoms with Crippen molar-refractivity contribution in [1.29, 1.82) is 0 Å². The molecule has 0 aliphatic carbocycles. The van der Waals surface area contributed by atoms with Crippen LogP contribution in [0.5, 0.6) is 11.5 Å². The Labute approximate surface area is 133 Å². The molecule has 0 aliphatic rings. The molecule has 0 radical (unpaired) electrons. The van der Waals surface area contributed by atoms with Crippen LogP contribution >= 0.6 is 11.3 Å². The van der Waals surface area contributed by atoms with Crippen LogP contribution in [0.1, 0.15) is 15.6 Å². The Morgan fingerprint density at radius 1 is 1.18 bits per heavy atom. The van der Waals surface area contributed by atoms with Crippen LogP contribution in [0, 0.1) is 13.8 Å². The molecule has 7 heteroatoms. The summed E-state index contributed by atoms with van der Waals surface area (Å²) in [6.45, 7) is 4.33. The van der Waals surface area contributed by atoms with Gasteiger partial charge in [0.15, 0.2) is 0 Å². The summed E-state index contributed by atoms with van der Waals surface area (Å²) in [6, 6.07) is 4.90. The SMILES string of the molecule is COc1cc(NC(=O)NCc2sc(C)nc2C)cc(OC)c1. The first kappa shape index (κ1) is 16.1. The second kappa shape index (κ2) is 7.13. The third kappa shape index (κ3) is 4.11.